The van der Waals surface area contributed by atoms with Crippen molar-refractivity contribution >= 4 is 39.7 Å². The number of hydrogen-bond acceptors (Lipinski definition) is 8. The summed E-state index contributed by atoms with van der Waals surface area (Å²) in [6.07, 6.45) is 3.62. The monoisotopic (exact) mass is 526 g/mol. The Labute approximate surface area is 225 Å². The molecule has 1 amide bonds. The van der Waals surface area contributed by atoms with E-state index in [1.54, 1.807) is 25.1 Å². The predicted molar refractivity (Wildman–Crippen MR) is 149 cm³/mol. The predicted octanol–water partition coefficient (Wildman–Crippen LogP) is 5.39. The first kappa shape index (κ1) is 24.9. The van der Waals surface area contributed by atoms with E-state index in [2.05, 4.69) is 15.3 Å². The molecule has 10 heteroatoms. The largest absolute Gasteiger partial charge is 0.471 e. The molecule has 2 aromatic carbocycles. The third-order valence-corrected chi connectivity index (χ3v) is 6.83. The topological polar surface area (TPSA) is 118 Å². The van der Waals surface area contributed by atoms with E-state index in [4.69, 9.17) is 23.9 Å². The Morgan fingerprint density at radius 1 is 1.13 bits per heavy atom. The van der Waals surface area contributed by atoms with Crippen molar-refractivity contribution in [2.75, 3.05) is 32.6 Å². The highest BCUT2D eigenvalue weighted by molar-refractivity contribution is 5.99. The fourth-order valence-electron chi connectivity index (χ4n) is 4.85. The van der Waals surface area contributed by atoms with E-state index in [0.29, 0.717) is 41.1 Å². The lowest BCUT2D eigenvalue weighted by Gasteiger charge is -2.23. The Bertz CT molecular complexity index is 1680. The maximum absolute atomic E-state index is 12.4. The first-order chi connectivity index (χ1) is 18.9. The fraction of sp³-hybridized carbons (Fsp3) is 0.310. The minimum atomic E-state index is -0.107. The van der Waals surface area contributed by atoms with Gasteiger partial charge >= 0.3 is 0 Å². The summed E-state index contributed by atoms with van der Waals surface area (Å²) >= 11 is 0. The molecular weight excluding hydrogens is 496 g/mol. The molecule has 39 heavy (non-hydrogen) atoms. The Balaban J connectivity index is 1.40. The van der Waals surface area contributed by atoms with Gasteiger partial charge in [0.25, 0.3) is 5.91 Å². The summed E-state index contributed by atoms with van der Waals surface area (Å²) in [6.45, 7) is 5.03. The van der Waals surface area contributed by atoms with E-state index in [9.17, 15) is 4.79 Å². The number of aromatic amines is 1. The molecule has 200 valence electrons. The van der Waals surface area contributed by atoms with Crippen LogP contribution in [-0.4, -0.2) is 64.2 Å². The van der Waals surface area contributed by atoms with Gasteiger partial charge in [0.1, 0.15) is 17.3 Å². The Kier molecular flexibility index (Phi) is 6.40. The number of anilines is 2. The second kappa shape index (κ2) is 10.0. The van der Waals surface area contributed by atoms with E-state index in [0.717, 1.165) is 52.7 Å². The molecule has 1 fully saturated rings. The molecule has 2 N–H and O–H groups in total. The molecular formula is C29H30N6O4. The SMILES string of the molecule is Cc1nc2ccc(-c3c[nH]c4nc(Nc5ccc(C(=O)N(C)C)cc5C)nc(O[C@@H]5CCCOC5)c34)cc2o1. The second-order valence-corrected chi connectivity index (χ2v) is 10.0. The maximum Gasteiger partial charge on any atom is 0.253 e. The van der Waals surface area contributed by atoms with Crippen LogP contribution in [0.4, 0.5) is 11.6 Å². The zero-order valence-electron chi connectivity index (χ0n) is 22.4. The van der Waals surface area contributed by atoms with Gasteiger partial charge in [0.05, 0.1) is 12.0 Å². The molecule has 3 aromatic heterocycles. The molecule has 5 aromatic rings. The lowest BCUT2D eigenvalue weighted by atomic mass is 10.1. The average Bonchev–Trinajstić information content (AvgIpc) is 3.52. The molecule has 0 radical (unpaired) electrons. The van der Waals surface area contributed by atoms with Crippen LogP contribution in [0.2, 0.25) is 0 Å². The Morgan fingerprint density at radius 3 is 2.77 bits per heavy atom. The van der Waals surface area contributed by atoms with Gasteiger partial charge in [-0.05, 0) is 61.2 Å². The number of amides is 1. The number of carbonyl (C=O) groups excluding carboxylic acids is 1. The zero-order chi connectivity index (χ0) is 27.1. The maximum atomic E-state index is 12.4. The number of rotatable bonds is 6. The average molecular weight is 527 g/mol. The van der Waals surface area contributed by atoms with E-state index in [-0.39, 0.29) is 12.0 Å². The molecule has 4 heterocycles. The van der Waals surface area contributed by atoms with Crippen molar-refractivity contribution in [3.63, 3.8) is 0 Å². The molecule has 0 saturated carbocycles. The van der Waals surface area contributed by atoms with E-state index >= 15 is 0 Å². The number of oxazole rings is 1. The van der Waals surface area contributed by atoms with Crippen molar-refractivity contribution in [3.05, 3.63) is 59.6 Å². The van der Waals surface area contributed by atoms with E-state index in [1.807, 2.05) is 50.4 Å². The van der Waals surface area contributed by atoms with Gasteiger partial charge in [-0.1, -0.05) is 6.07 Å². The highest BCUT2D eigenvalue weighted by atomic mass is 16.5. The number of nitrogens with one attached hydrogen (secondary N) is 2. The number of fused-ring (bicyclic) bond motifs is 2. The van der Waals surface area contributed by atoms with Crippen LogP contribution in [0.15, 0.2) is 47.0 Å². The molecule has 1 aliphatic heterocycles. The van der Waals surface area contributed by atoms with Crippen LogP contribution in [0.25, 0.3) is 33.3 Å². The van der Waals surface area contributed by atoms with Gasteiger partial charge in [-0.3, -0.25) is 4.79 Å². The summed E-state index contributed by atoms with van der Waals surface area (Å²) in [5.41, 5.74) is 6.33. The normalized spacial score (nSPS) is 15.5. The number of aryl methyl sites for hydroxylation is 2. The van der Waals surface area contributed by atoms with E-state index in [1.165, 1.54) is 0 Å². The van der Waals surface area contributed by atoms with Crippen molar-refractivity contribution in [2.45, 2.75) is 32.8 Å². The van der Waals surface area contributed by atoms with Crippen LogP contribution in [0.1, 0.15) is 34.7 Å². The van der Waals surface area contributed by atoms with Crippen molar-refractivity contribution < 1.29 is 18.7 Å². The summed E-state index contributed by atoms with van der Waals surface area (Å²) in [5, 5.41) is 4.09. The zero-order valence-corrected chi connectivity index (χ0v) is 22.4. The lowest BCUT2D eigenvalue weighted by molar-refractivity contribution is 0.00626. The first-order valence-corrected chi connectivity index (χ1v) is 13.0. The third kappa shape index (κ3) is 4.90. The minimum Gasteiger partial charge on any atom is -0.471 e. The molecule has 1 atom stereocenters. The van der Waals surface area contributed by atoms with Gasteiger partial charge in [-0.2, -0.15) is 9.97 Å². The molecule has 1 aliphatic rings. The second-order valence-electron chi connectivity index (χ2n) is 10.0. The molecule has 10 nitrogen and oxygen atoms in total. The summed E-state index contributed by atoms with van der Waals surface area (Å²) < 4.78 is 17.9. The number of nitrogens with zero attached hydrogens (tertiary/aromatic N) is 4. The molecule has 0 aliphatic carbocycles. The molecule has 1 saturated heterocycles. The molecule has 0 bridgehead atoms. The highest BCUT2D eigenvalue weighted by Gasteiger charge is 2.22. The molecule has 6 rings (SSSR count). The van der Waals surface area contributed by atoms with Crippen molar-refractivity contribution in [3.8, 4) is 17.0 Å². The van der Waals surface area contributed by atoms with Crippen molar-refractivity contribution in [1.29, 1.82) is 0 Å². The third-order valence-electron chi connectivity index (χ3n) is 6.83. The Morgan fingerprint density at radius 2 is 2.00 bits per heavy atom. The van der Waals surface area contributed by atoms with Gasteiger partial charge in [0.15, 0.2) is 11.5 Å². The number of hydrogen-bond donors (Lipinski definition) is 2. The van der Waals surface area contributed by atoms with E-state index < -0.39 is 0 Å². The summed E-state index contributed by atoms with van der Waals surface area (Å²) in [6, 6.07) is 11.4. The van der Waals surface area contributed by atoms with Gasteiger partial charge in [-0.25, -0.2) is 4.98 Å². The molecule has 0 spiro atoms. The minimum absolute atomic E-state index is 0.0506. The number of ether oxygens (including phenoxy) is 2. The smallest absolute Gasteiger partial charge is 0.253 e. The number of aromatic nitrogens is 4. The number of benzene rings is 2. The lowest BCUT2D eigenvalue weighted by Crippen LogP contribution is -2.28. The van der Waals surface area contributed by atoms with Crippen molar-refractivity contribution in [1.82, 2.24) is 24.8 Å². The Hall–Kier alpha value is -4.44. The first-order valence-electron chi connectivity index (χ1n) is 13.0. The van der Waals surface area contributed by atoms with Crippen LogP contribution in [0.5, 0.6) is 5.88 Å². The summed E-state index contributed by atoms with van der Waals surface area (Å²) in [7, 11) is 3.47. The standard InChI is InChI=1S/C29H30N6O4/c1-16-12-19(28(36)35(3)4)8-9-22(16)32-29-33-26-25(27(34-29)39-20-6-5-11-37-15-20)21(14-30-26)18-7-10-23-24(13-18)38-17(2)31-23/h7-10,12-14,20H,5-6,11,15H2,1-4H3,(H2,30,32,33,34)/t20-/m1/s1. The van der Waals surface area contributed by atoms with Gasteiger partial charge < -0.3 is 29.1 Å². The van der Waals surface area contributed by atoms with Gasteiger partial charge in [0.2, 0.25) is 11.8 Å². The summed E-state index contributed by atoms with van der Waals surface area (Å²) in [5.74, 6) is 1.43. The van der Waals surface area contributed by atoms with Crippen LogP contribution in [0.3, 0.4) is 0 Å². The van der Waals surface area contributed by atoms with Crippen LogP contribution in [-0.2, 0) is 4.74 Å². The van der Waals surface area contributed by atoms with Crippen LogP contribution < -0.4 is 10.1 Å². The van der Waals surface area contributed by atoms with Crippen molar-refractivity contribution in [2.24, 2.45) is 0 Å². The fourth-order valence-corrected chi connectivity index (χ4v) is 4.85. The van der Waals surface area contributed by atoms with Gasteiger partial charge in [-0.15, -0.1) is 0 Å². The number of H-pyrrole nitrogens is 1. The molecule has 0 unspecified atom stereocenters. The highest BCUT2D eigenvalue weighted by Crippen LogP contribution is 2.37. The van der Waals surface area contributed by atoms with Crippen LogP contribution >= 0.6 is 0 Å². The van der Waals surface area contributed by atoms with Crippen LogP contribution in [0, 0.1) is 13.8 Å². The van der Waals surface area contributed by atoms with Gasteiger partial charge in [0, 0.05) is 50.6 Å². The number of carbonyl (C=O) groups is 1. The summed E-state index contributed by atoms with van der Waals surface area (Å²) in [4.78, 5) is 31.2. The quantitative estimate of drug-likeness (QED) is 0.303.